The first-order chi connectivity index (χ1) is 14.9. The molecule has 0 saturated heterocycles. The molecule has 0 N–H and O–H groups in total. The van der Waals surface area contributed by atoms with Crippen molar-refractivity contribution in [1.82, 2.24) is 0 Å². The van der Waals surface area contributed by atoms with Crippen molar-refractivity contribution in [3.8, 4) is 0 Å². The minimum absolute atomic E-state index is 0. The molecule has 160 valence electrons. The zero-order valence-corrected chi connectivity index (χ0v) is 20.5. The maximum Gasteiger partial charge on any atom is 2.00 e. The van der Waals surface area contributed by atoms with Crippen LogP contribution in [0.4, 0.5) is 0 Å². The van der Waals surface area contributed by atoms with E-state index < -0.39 is 0 Å². The van der Waals surface area contributed by atoms with E-state index in [1.807, 2.05) is 131 Å². The normalized spacial score (nSPS) is 13.2. The molecule has 0 spiro atoms. The van der Waals surface area contributed by atoms with Gasteiger partial charge in [0.1, 0.15) is 0 Å². The molecular weight excluding hydrogens is 574 g/mol. The molecule has 3 nitrogen and oxygen atoms in total. The van der Waals surface area contributed by atoms with E-state index in [9.17, 15) is 4.79 Å². The Balaban J connectivity index is -0.000000435. The van der Waals surface area contributed by atoms with E-state index in [0.717, 1.165) is 11.1 Å². The van der Waals surface area contributed by atoms with Crippen molar-refractivity contribution in [1.29, 1.82) is 0 Å². The molecule has 2 aliphatic rings. The van der Waals surface area contributed by atoms with E-state index >= 15 is 0 Å². The summed E-state index contributed by atoms with van der Waals surface area (Å²) in [5.74, 6) is 0. The van der Waals surface area contributed by atoms with Crippen LogP contribution < -0.4 is 0 Å². The average Bonchev–Trinajstić information content (AvgIpc) is 3.61. The second kappa shape index (κ2) is 27.6. The van der Waals surface area contributed by atoms with Crippen LogP contribution in [0.2, 0.25) is 0 Å². The van der Waals surface area contributed by atoms with Gasteiger partial charge in [-0.2, -0.15) is 12.1 Å². The van der Waals surface area contributed by atoms with Crippen LogP contribution in [0.25, 0.3) is 5.57 Å². The van der Waals surface area contributed by atoms with Crippen LogP contribution in [0.5, 0.6) is 0 Å². The van der Waals surface area contributed by atoms with E-state index in [1.165, 1.54) is 0 Å². The van der Waals surface area contributed by atoms with Crippen LogP contribution in [-0.4, -0.2) is 6.29 Å². The van der Waals surface area contributed by atoms with Crippen LogP contribution in [0, 0.1) is 83.6 Å². The predicted molar refractivity (Wildman–Crippen MR) is 115 cm³/mol. The standard InChI is InChI=1S/C15H10O.2C5H5.2CO.2Ru/c16-12-15(14-9-5-2-6-10-14)11-13-7-3-1-4-8-13;2*1-2-4-5-3-1;2*1-2;;/h1-10H;2*1-5H;;;;/q-2;;;;;2*+2. The van der Waals surface area contributed by atoms with Gasteiger partial charge in [0.15, 0.2) is 0 Å². The zero-order valence-electron chi connectivity index (χ0n) is 17.0. The van der Waals surface area contributed by atoms with E-state index in [-0.39, 0.29) is 39.0 Å². The third kappa shape index (κ3) is 18.2. The molecule has 2 saturated carbocycles. The average molecular weight is 595 g/mol. The molecule has 0 aliphatic heterocycles. The molecule has 10 radical (unpaired) electrons. The molecule has 32 heavy (non-hydrogen) atoms. The van der Waals surface area contributed by atoms with Gasteiger partial charge in [-0.25, -0.2) is 5.56 Å². The minimum atomic E-state index is 0. The Hall–Kier alpha value is -1.42. The summed E-state index contributed by atoms with van der Waals surface area (Å²) in [5.41, 5.74) is 2.16. The molecule has 0 atom stereocenters. The fraction of sp³-hybridized carbons (Fsp3) is 0. The molecule has 2 aromatic carbocycles. The quantitative estimate of drug-likeness (QED) is 0.162. The Morgan fingerprint density at radius 1 is 0.562 bits per heavy atom. The van der Waals surface area contributed by atoms with Crippen LogP contribution >= 0.6 is 0 Å². The maximum absolute atomic E-state index is 10.9. The molecule has 0 bridgehead atoms. The molecule has 4 rings (SSSR count). The zero-order chi connectivity index (χ0) is 22.3. The summed E-state index contributed by atoms with van der Waals surface area (Å²) in [6, 6.07) is 19.0. The van der Waals surface area contributed by atoms with Gasteiger partial charge in [0.05, 0.1) is 0 Å². The van der Waals surface area contributed by atoms with Gasteiger partial charge < -0.3 is 16.4 Å². The summed E-state index contributed by atoms with van der Waals surface area (Å²) in [7, 11) is 0. The first kappa shape index (κ1) is 35.2. The van der Waals surface area contributed by atoms with Crippen molar-refractivity contribution in [2.24, 2.45) is 0 Å². The topological polar surface area (TPSA) is 56.9 Å². The van der Waals surface area contributed by atoms with Gasteiger partial charge in [-0.15, -0.1) is 11.8 Å². The van der Waals surface area contributed by atoms with Gasteiger partial charge in [-0.3, -0.25) is 0 Å². The Morgan fingerprint density at radius 2 is 0.875 bits per heavy atom. The monoisotopic (exact) mass is 596 g/mol. The molecule has 2 fully saturated rings. The number of hydrogen-bond acceptors (Lipinski definition) is 1. The van der Waals surface area contributed by atoms with Gasteiger partial charge in [0.25, 0.3) is 0 Å². The van der Waals surface area contributed by atoms with Gasteiger partial charge in [0, 0.05) is 0 Å². The molecule has 0 heterocycles. The van der Waals surface area contributed by atoms with E-state index in [1.54, 1.807) is 0 Å². The van der Waals surface area contributed by atoms with Crippen molar-refractivity contribution < 1.29 is 53.1 Å². The van der Waals surface area contributed by atoms with Gasteiger partial charge in [-0.05, 0) is 64.2 Å². The summed E-state index contributed by atoms with van der Waals surface area (Å²) < 4.78 is 15.0. The van der Waals surface area contributed by atoms with E-state index in [2.05, 4.69) is 19.4 Å². The first-order valence-electron chi connectivity index (χ1n) is 8.77. The molecule has 5 heteroatoms. The summed E-state index contributed by atoms with van der Waals surface area (Å²) in [6.07, 6.45) is 25.0. The van der Waals surface area contributed by atoms with Crippen molar-refractivity contribution >= 4 is 11.9 Å². The maximum atomic E-state index is 10.9. The third-order valence-corrected chi connectivity index (χ3v) is 3.32. The van der Waals surface area contributed by atoms with Crippen LogP contribution in [0.1, 0.15) is 11.1 Å². The first-order valence-corrected chi connectivity index (χ1v) is 8.77. The van der Waals surface area contributed by atoms with E-state index in [0.29, 0.717) is 5.57 Å². The largest absolute Gasteiger partial charge is 2.00 e. The Morgan fingerprint density at radius 3 is 1.19 bits per heavy atom. The minimum Gasteiger partial charge on any atom is -0.0312 e. The van der Waals surface area contributed by atoms with Gasteiger partial charge >= 0.3 is 61.6 Å². The number of hydrogen-bond donors (Lipinski definition) is 0. The Kier molecular flexibility index (Phi) is 30.3. The fourth-order valence-electron chi connectivity index (χ4n) is 2.07. The number of benzene rings is 2. The number of carbonyl (C=O) groups excluding carboxylic acids is 1. The van der Waals surface area contributed by atoms with Crippen molar-refractivity contribution in [3.63, 3.8) is 0 Å². The SMILES string of the molecule is O=[C-]C(=[C-]c1ccccc1)c1ccccc1.[C-]#[O+].[C-]#[O+].[CH]1[CH][CH][CH][CH]1.[CH]1[CH][CH][CH][CH]1.[Ru+2].[Ru+2]. The molecule has 0 unspecified atom stereocenters. The Bertz CT molecular complexity index is 686. The van der Waals surface area contributed by atoms with Crippen molar-refractivity contribution in [2.75, 3.05) is 0 Å². The Labute approximate surface area is 219 Å². The molecule has 2 aliphatic carbocycles. The smallest absolute Gasteiger partial charge is 0.0312 e. The third-order valence-electron chi connectivity index (χ3n) is 3.32. The van der Waals surface area contributed by atoms with Crippen molar-refractivity contribution in [2.45, 2.75) is 0 Å². The summed E-state index contributed by atoms with van der Waals surface area (Å²) in [4.78, 5) is 10.9. The molecule has 0 amide bonds. The van der Waals surface area contributed by atoms with E-state index in [4.69, 9.17) is 9.30 Å². The van der Waals surface area contributed by atoms with Crippen LogP contribution in [0.15, 0.2) is 60.7 Å². The number of rotatable bonds is 3. The predicted octanol–water partition coefficient (Wildman–Crippen LogP) is 4.99. The summed E-state index contributed by atoms with van der Waals surface area (Å²) >= 11 is 0. The van der Waals surface area contributed by atoms with Gasteiger partial charge in [-0.1, -0.05) is 48.5 Å². The van der Waals surface area contributed by atoms with Gasteiger partial charge in [0.2, 0.25) is 0 Å². The van der Waals surface area contributed by atoms with Crippen LogP contribution in [-0.2, 0) is 53.1 Å². The second-order valence-corrected chi connectivity index (χ2v) is 5.26. The van der Waals surface area contributed by atoms with Crippen LogP contribution in [0.3, 0.4) is 0 Å². The summed E-state index contributed by atoms with van der Waals surface area (Å²) in [6.45, 7) is 9.00. The molecule has 2 aromatic rings. The second-order valence-electron chi connectivity index (χ2n) is 5.26. The number of allylic oxidation sites excluding steroid dienone is 1. The van der Waals surface area contributed by atoms with Crippen molar-refractivity contribution in [3.05, 3.63) is 155 Å². The summed E-state index contributed by atoms with van der Waals surface area (Å²) in [5, 5.41) is 0. The molecule has 0 aromatic heterocycles. The molecular formula is C27H20O3Ru2+2. The fourth-order valence-corrected chi connectivity index (χ4v) is 2.07.